The summed E-state index contributed by atoms with van der Waals surface area (Å²) >= 11 is 1.32. The normalized spacial score (nSPS) is 15.1. The summed E-state index contributed by atoms with van der Waals surface area (Å²) in [5.41, 5.74) is 1.11. The first kappa shape index (κ1) is 10.7. The fourth-order valence-electron chi connectivity index (χ4n) is 1.38. The molecule has 0 saturated heterocycles. The second-order valence-corrected chi connectivity index (χ2v) is 4.85. The van der Waals surface area contributed by atoms with Gasteiger partial charge in [-0.1, -0.05) is 0 Å². The van der Waals surface area contributed by atoms with E-state index < -0.39 is 0 Å². The molecule has 88 valence electrons. The van der Waals surface area contributed by atoms with Crippen molar-refractivity contribution >= 4 is 11.8 Å². The lowest BCUT2D eigenvalue weighted by atomic mass is 10.3. The Balaban J connectivity index is 1.58. The van der Waals surface area contributed by atoms with Crippen molar-refractivity contribution < 1.29 is 4.42 Å². The third-order valence-corrected chi connectivity index (χ3v) is 3.21. The molecule has 0 amide bonds. The van der Waals surface area contributed by atoms with Crippen LogP contribution in [0.15, 0.2) is 39.7 Å². The number of nitrogens with one attached hydrogen (secondary N) is 1. The average Bonchev–Trinajstić information content (AvgIpc) is 3.05. The zero-order chi connectivity index (χ0) is 11.5. The lowest BCUT2D eigenvalue weighted by Gasteiger charge is -2.02. The van der Waals surface area contributed by atoms with E-state index in [1.54, 1.807) is 6.20 Å². The summed E-state index contributed by atoms with van der Waals surface area (Å²) in [7, 11) is 0. The third kappa shape index (κ3) is 3.04. The van der Waals surface area contributed by atoms with Crippen LogP contribution in [-0.4, -0.2) is 21.0 Å². The van der Waals surface area contributed by atoms with E-state index in [0.717, 1.165) is 12.1 Å². The fourth-order valence-corrected chi connectivity index (χ4v) is 1.96. The van der Waals surface area contributed by atoms with Crippen LogP contribution in [0, 0.1) is 0 Å². The van der Waals surface area contributed by atoms with Crippen LogP contribution in [0.2, 0.25) is 0 Å². The molecule has 2 aromatic rings. The topological polar surface area (TPSA) is 63.8 Å². The van der Waals surface area contributed by atoms with Gasteiger partial charge in [0.15, 0.2) is 5.16 Å². The third-order valence-electron chi connectivity index (χ3n) is 2.44. The molecule has 6 heteroatoms. The number of hydrogen-bond acceptors (Lipinski definition) is 6. The van der Waals surface area contributed by atoms with Gasteiger partial charge in [0.05, 0.1) is 6.20 Å². The molecule has 0 atom stereocenters. The van der Waals surface area contributed by atoms with E-state index in [1.165, 1.54) is 30.9 Å². The van der Waals surface area contributed by atoms with Crippen LogP contribution in [0.5, 0.6) is 0 Å². The van der Waals surface area contributed by atoms with Crippen LogP contribution in [0.1, 0.15) is 18.4 Å². The van der Waals surface area contributed by atoms with E-state index in [9.17, 15) is 0 Å². The molecule has 5 nitrogen and oxygen atoms in total. The van der Waals surface area contributed by atoms with Crippen LogP contribution >= 0.6 is 11.8 Å². The van der Waals surface area contributed by atoms with Crippen LogP contribution in [0.4, 0.5) is 0 Å². The van der Waals surface area contributed by atoms with Crippen molar-refractivity contribution in [2.24, 2.45) is 0 Å². The van der Waals surface area contributed by atoms with E-state index in [1.807, 2.05) is 12.4 Å². The van der Waals surface area contributed by atoms with Crippen LogP contribution in [0.25, 0.3) is 0 Å². The minimum atomic E-state index is 0.564. The van der Waals surface area contributed by atoms with Crippen LogP contribution < -0.4 is 5.32 Å². The van der Waals surface area contributed by atoms with E-state index in [-0.39, 0.29) is 0 Å². The molecule has 0 unspecified atom stereocenters. The lowest BCUT2D eigenvalue weighted by molar-refractivity contribution is 0.453. The zero-order valence-electron chi connectivity index (χ0n) is 9.17. The molecule has 3 rings (SSSR count). The van der Waals surface area contributed by atoms with E-state index >= 15 is 0 Å². The van der Waals surface area contributed by atoms with Gasteiger partial charge in [-0.05, 0) is 12.8 Å². The number of nitrogens with zero attached hydrogens (tertiary/aromatic N) is 3. The fraction of sp³-hybridized carbons (Fsp3) is 0.364. The van der Waals surface area contributed by atoms with Gasteiger partial charge in [0.2, 0.25) is 0 Å². The SMILES string of the molecule is c1coc(Sc2ncc(CNC3CC3)cn2)n1. The van der Waals surface area contributed by atoms with Crippen molar-refractivity contribution in [2.45, 2.75) is 35.8 Å². The van der Waals surface area contributed by atoms with Gasteiger partial charge in [0.25, 0.3) is 5.22 Å². The van der Waals surface area contributed by atoms with Gasteiger partial charge in [-0.25, -0.2) is 15.0 Å². The van der Waals surface area contributed by atoms with E-state index in [2.05, 4.69) is 20.3 Å². The number of rotatable bonds is 5. The Morgan fingerprint density at radius 1 is 1.29 bits per heavy atom. The summed E-state index contributed by atoms with van der Waals surface area (Å²) in [6.07, 6.45) is 9.41. The Hall–Kier alpha value is -1.40. The van der Waals surface area contributed by atoms with Gasteiger partial charge in [0, 0.05) is 42.3 Å². The van der Waals surface area contributed by atoms with Crippen LogP contribution in [-0.2, 0) is 6.54 Å². The molecule has 0 spiro atoms. The van der Waals surface area contributed by atoms with Crippen molar-refractivity contribution in [1.29, 1.82) is 0 Å². The van der Waals surface area contributed by atoms with Gasteiger partial charge in [-0.2, -0.15) is 0 Å². The zero-order valence-corrected chi connectivity index (χ0v) is 9.98. The largest absolute Gasteiger partial charge is 0.440 e. The van der Waals surface area contributed by atoms with Crippen molar-refractivity contribution in [1.82, 2.24) is 20.3 Å². The molecule has 0 radical (unpaired) electrons. The van der Waals surface area contributed by atoms with Crippen LogP contribution in [0.3, 0.4) is 0 Å². The summed E-state index contributed by atoms with van der Waals surface area (Å²) in [6.45, 7) is 0.842. The molecule has 1 fully saturated rings. The van der Waals surface area contributed by atoms with E-state index in [0.29, 0.717) is 16.4 Å². The highest BCUT2D eigenvalue weighted by Gasteiger charge is 2.19. The predicted molar refractivity (Wildman–Crippen MR) is 62.5 cm³/mol. The maximum Gasteiger partial charge on any atom is 0.263 e. The number of oxazole rings is 1. The standard InChI is InChI=1S/C11H12N4OS/c1-2-9(1)13-5-8-6-14-10(15-7-8)17-11-12-3-4-16-11/h3-4,6-7,9,13H,1-2,5H2. The maximum absolute atomic E-state index is 5.11. The Morgan fingerprint density at radius 3 is 2.76 bits per heavy atom. The molecule has 2 aromatic heterocycles. The van der Waals surface area contributed by atoms with Crippen molar-refractivity contribution in [3.8, 4) is 0 Å². The molecule has 0 aromatic carbocycles. The molecule has 1 N–H and O–H groups in total. The molecule has 1 aliphatic rings. The van der Waals surface area contributed by atoms with Crippen molar-refractivity contribution in [2.75, 3.05) is 0 Å². The molecule has 2 heterocycles. The first-order valence-electron chi connectivity index (χ1n) is 5.52. The summed E-state index contributed by atoms with van der Waals surface area (Å²) in [5, 5.41) is 4.64. The minimum Gasteiger partial charge on any atom is -0.440 e. The Bertz CT molecular complexity index is 467. The maximum atomic E-state index is 5.11. The minimum absolute atomic E-state index is 0.564. The quantitative estimate of drug-likeness (QED) is 0.815. The van der Waals surface area contributed by atoms with Gasteiger partial charge in [-0.15, -0.1) is 0 Å². The smallest absolute Gasteiger partial charge is 0.263 e. The highest BCUT2D eigenvalue weighted by Crippen LogP contribution is 2.22. The van der Waals surface area contributed by atoms with Gasteiger partial charge in [0.1, 0.15) is 6.26 Å². The lowest BCUT2D eigenvalue weighted by Crippen LogP contribution is -2.15. The Morgan fingerprint density at radius 2 is 2.12 bits per heavy atom. The monoisotopic (exact) mass is 248 g/mol. The molecule has 1 aliphatic carbocycles. The van der Waals surface area contributed by atoms with Gasteiger partial charge in [-0.3, -0.25) is 0 Å². The number of aromatic nitrogens is 3. The van der Waals surface area contributed by atoms with Crippen molar-refractivity contribution in [3.63, 3.8) is 0 Å². The Kier molecular flexibility index (Phi) is 3.06. The summed E-state index contributed by atoms with van der Waals surface area (Å²) in [6, 6.07) is 0.705. The molecule has 17 heavy (non-hydrogen) atoms. The van der Waals surface area contributed by atoms with Gasteiger partial charge < -0.3 is 9.73 Å². The van der Waals surface area contributed by atoms with Crippen molar-refractivity contribution in [3.05, 3.63) is 30.4 Å². The first-order chi connectivity index (χ1) is 8.40. The first-order valence-corrected chi connectivity index (χ1v) is 6.33. The highest BCUT2D eigenvalue weighted by atomic mass is 32.2. The summed E-state index contributed by atoms with van der Waals surface area (Å²) in [5.74, 6) is 0. The average molecular weight is 248 g/mol. The number of hydrogen-bond donors (Lipinski definition) is 1. The molecule has 0 bridgehead atoms. The highest BCUT2D eigenvalue weighted by molar-refractivity contribution is 7.98. The second-order valence-electron chi connectivity index (χ2n) is 3.93. The predicted octanol–water partition coefficient (Wildman–Crippen LogP) is 1.87. The second kappa shape index (κ2) is 4.85. The van der Waals surface area contributed by atoms with E-state index in [4.69, 9.17) is 4.42 Å². The molecule has 0 aliphatic heterocycles. The molecule has 1 saturated carbocycles. The summed E-state index contributed by atoms with van der Waals surface area (Å²) in [4.78, 5) is 12.5. The molecular weight excluding hydrogens is 236 g/mol. The Labute approximate surface area is 103 Å². The summed E-state index contributed by atoms with van der Waals surface area (Å²) < 4.78 is 5.11. The molecular formula is C11H12N4OS. The van der Waals surface area contributed by atoms with Gasteiger partial charge >= 0.3 is 0 Å².